The average Bonchev–Trinajstić information content (AvgIpc) is 3.22. The fourth-order valence-electron chi connectivity index (χ4n) is 4.75. The van der Waals surface area contributed by atoms with E-state index in [1.165, 1.54) is 0 Å². The molecule has 1 saturated carbocycles. The molecule has 1 amide bonds. The predicted octanol–water partition coefficient (Wildman–Crippen LogP) is 6.01. The van der Waals surface area contributed by atoms with Crippen LogP contribution in [0.3, 0.4) is 0 Å². The Kier molecular flexibility index (Phi) is 4.52. The first-order valence-corrected chi connectivity index (χ1v) is 12.0. The van der Waals surface area contributed by atoms with E-state index >= 15 is 0 Å². The van der Waals surface area contributed by atoms with E-state index in [9.17, 15) is 4.79 Å². The fraction of sp³-hybridized carbons (Fsp3) is 0.360. The van der Waals surface area contributed by atoms with Gasteiger partial charge >= 0.3 is 6.09 Å². The molecular weight excluding hydrogens is 482 g/mol. The Morgan fingerprint density at radius 1 is 1.09 bits per heavy atom. The molecule has 3 atom stereocenters. The van der Waals surface area contributed by atoms with Crippen LogP contribution in [0.4, 0.5) is 4.79 Å². The summed E-state index contributed by atoms with van der Waals surface area (Å²) in [6.07, 6.45) is 3.51. The number of benzene rings is 2. The minimum Gasteiger partial charge on any atom is -0.444 e. The Hall–Kier alpha value is -3.00. The molecule has 7 nitrogen and oxygen atoms in total. The topological polar surface area (TPSA) is 84.0 Å². The van der Waals surface area contributed by atoms with E-state index in [1.54, 1.807) is 6.20 Å². The largest absolute Gasteiger partial charge is 0.444 e. The molecule has 1 aliphatic heterocycles. The number of H-pyrrole nitrogens is 1. The molecule has 4 aromatic rings. The third kappa shape index (κ3) is 3.76. The van der Waals surface area contributed by atoms with Crippen LogP contribution in [0.2, 0.25) is 0 Å². The number of nitrogens with one attached hydrogen (secondary N) is 1. The fourth-order valence-corrected chi connectivity index (χ4v) is 5.10. The summed E-state index contributed by atoms with van der Waals surface area (Å²) in [6.45, 7) is 5.70. The van der Waals surface area contributed by atoms with Gasteiger partial charge in [-0.15, -0.1) is 0 Å². The molecule has 2 fully saturated rings. The minimum absolute atomic E-state index is 0.0849. The lowest BCUT2D eigenvalue weighted by atomic mass is 10.1. The number of halogens is 1. The van der Waals surface area contributed by atoms with Gasteiger partial charge in [0.1, 0.15) is 11.4 Å². The smallest absolute Gasteiger partial charge is 0.411 e. The van der Waals surface area contributed by atoms with Crippen molar-refractivity contribution in [3.8, 4) is 11.3 Å². The zero-order valence-corrected chi connectivity index (χ0v) is 20.3. The van der Waals surface area contributed by atoms with Crippen molar-refractivity contribution < 1.29 is 9.53 Å². The lowest BCUT2D eigenvalue weighted by molar-refractivity contribution is 0.0175. The number of aromatic amines is 1. The summed E-state index contributed by atoms with van der Waals surface area (Å²) in [7, 11) is 0. The molecule has 2 aromatic carbocycles. The van der Waals surface area contributed by atoms with Gasteiger partial charge in [-0.3, -0.25) is 9.88 Å². The summed E-state index contributed by atoms with van der Waals surface area (Å²) < 4.78 is 6.67. The van der Waals surface area contributed by atoms with E-state index in [2.05, 4.69) is 25.9 Å². The molecule has 0 bridgehead atoms. The first-order chi connectivity index (χ1) is 15.7. The van der Waals surface area contributed by atoms with E-state index in [4.69, 9.17) is 14.7 Å². The van der Waals surface area contributed by atoms with Crippen molar-refractivity contribution >= 4 is 44.1 Å². The molecular formula is C25H24BrN5O2. The molecule has 1 N–H and O–H groups in total. The molecule has 33 heavy (non-hydrogen) atoms. The first kappa shape index (κ1) is 20.6. The van der Waals surface area contributed by atoms with Crippen LogP contribution in [-0.2, 0) is 4.74 Å². The van der Waals surface area contributed by atoms with E-state index in [1.807, 2.05) is 62.1 Å². The predicted molar refractivity (Wildman–Crippen MR) is 130 cm³/mol. The van der Waals surface area contributed by atoms with Gasteiger partial charge in [0.15, 0.2) is 0 Å². The Morgan fingerprint density at radius 3 is 2.73 bits per heavy atom. The summed E-state index contributed by atoms with van der Waals surface area (Å²) in [5.74, 6) is 1.36. The number of nitrogens with zero attached hydrogens (tertiary/aromatic N) is 4. The van der Waals surface area contributed by atoms with Gasteiger partial charge in [-0.1, -0.05) is 22.0 Å². The zero-order chi connectivity index (χ0) is 22.9. The third-order valence-electron chi connectivity index (χ3n) is 6.32. The van der Waals surface area contributed by atoms with Crippen LogP contribution in [-0.4, -0.2) is 42.6 Å². The molecule has 2 aromatic heterocycles. The van der Waals surface area contributed by atoms with Crippen LogP contribution >= 0.6 is 15.9 Å². The number of ether oxygens (including phenoxy) is 1. The second kappa shape index (κ2) is 7.25. The summed E-state index contributed by atoms with van der Waals surface area (Å²) >= 11 is 3.48. The van der Waals surface area contributed by atoms with Gasteiger partial charge in [-0.05, 0) is 69.9 Å². The number of imidazole rings is 1. The summed E-state index contributed by atoms with van der Waals surface area (Å²) in [6, 6.07) is 12.1. The second-order valence-corrected chi connectivity index (χ2v) is 10.9. The molecule has 1 saturated heterocycles. The van der Waals surface area contributed by atoms with Crippen LogP contribution in [0.5, 0.6) is 0 Å². The van der Waals surface area contributed by atoms with Crippen molar-refractivity contribution in [1.82, 2.24) is 24.8 Å². The first-order valence-electron chi connectivity index (χ1n) is 11.2. The van der Waals surface area contributed by atoms with Crippen LogP contribution in [0.25, 0.3) is 33.3 Å². The molecule has 1 unspecified atom stereocenters. The Balaban J connectivity index is 1.32. The Morgan fingerprint density at radius 2 is 1.91 bits per heavy atom. The number of hydrogen-bond acceptors (Lipinski definition) is 5. The van der Waals surface area contributed by atoms with Gasteiger partial charge in [0.2, 0.25) is 0 Å². The van der Waals surface area contributed by atoms with Gasteiger partial charge in [-0.2, -0.15) is 0 Å². The van der Waals surface area contributed by atoms with Crippen LogP contribution in [0.1, 0.15) is 45.5 Å². The highest BCUT2D eigenvalue weighted by Crippen LogP contribution is 2.53. The van der Waals surface area contributed by atoms with Crippen molar-refractivity contribution in [3.63, 3.8) is 0 Å². The number of piperidine rings is 1. The molecule has 6 rings (SSSR count). The van der Waals surface area contributed by atoms with Crippen LogP contribution in [0.15, 0.2) is 47.1 Å². The lowest BCUT2D eigenvalue weighted by Gasteiger charge is -2.29. The van der Waals surface area contributed by atoms with Crippen molar-refractivity contribution in [2.45, 2.75) is 51.3 Å². The molecule has 0 radical (unpaired) electrons. The minimum atomic E-state index is -0.519. The van der Waals surface area contributed by atoms with Gasteiger partial charge in [0.25, 0.3) is 0 Å². The monoisotopic (exact) mass is 505 g/mol. The zero-order valence-electron chi connectivity index (χ0n) is 18.7. The SMILES string of the molecule is CC(C)(C)OC(=O)N1C(c2nc3ccc(-c4cnc5cc(Br)ccc5n4)cc3[nH]2)C[C@H]2C[C@H]21. The summed E-state index contributed by atoms with van der Waals surface area (Å²) in [5.41, 5.74) is 4.74. The van der Waals surface area contributed by atoms with Crippen LogP contribution < -0.4 is 0 Å². The number of amides is 1. The number of carbonyl (C=O) groups excluding carboxylic acids is 1. The van der Waals surface area contributed by atoms with Crippen molar-refractivity contribution in [3.05, 3.63) is 52.9 Å². The second-order valence-electron chi connectivity index (χ2n) is 9.94. The Labute approximate surface area is 199 Å². The maximum Gasteiger partial charge on any atom is 0.411 e. The number of aromatic nitrogens is 4. The van der Waals surface area contributed by atoms with Gasteiger partial charge < -0.3 is 9.72 Å². The number of hydrogen-bond donors (Lipinski definition) is 1. The highest BCUT2D eigenvalue weighted by atomic mass is 79.9. The normalized spacial score (nSPS) is 22.1. The van der Waals surface area contributed by atoms with Gasteiger partial charge in [0.05, 0.1) is 40.0 Å². The Bertz CT molecular complexity index is 1410. The van der Waals surface area contributed by atoms with Crippen molar-refractivity contribution in [1.29, 1.82) is 0 Å². The van der Waals surface area contributed by atoms with Gasteiger partial charge in [-0.25, -0.2) is 14.8 Å². The number of fused-ring (bicyclic) bond motifs is 3. The average molecular weight is 506 g/mol. The van der Waals surface area contributed by atoms with Crippen molar-refractivity contribution in [2.24, 2.45) is 5.92 Å². The molecule has 0 spiro atoms. The molecule has 3 heterocycles. The van der Waals surface area contributed by atoms with E-state index in [0.29, 0.717) is 5.92 Å². The van der Waals surface area contributed by atoms with Gasteiger partial charge in [0, 0.05) is 16.1 Å². The highest BCUT2D eigenvalue weighted by Gasteiger charge is 2.56. The highest BCUT2D eigenvalue weighted by molar-refractivity contribution is 9.10. The summed E-state index contributed by atoms with van der Waals surface area (Å²) in [5, 5.41) is 0. The summed E-state index contributed by atoms with van der Waals surface area (Å²) in [4.78, 5) is 32.4. The van der Waals surface area contributed by atoms with Crippen molar-refractivity contribution in [2.75, 3.05) is 0 Å². The molecule has 8 heteroatoms. The number of rotatable bonds is 2. The molecule has 1 aliphatic carbocycles. The van der Waals surface area contributed by atoms with E-state index in [0.717, 1.165) is 56.5 Å². The quantitative estimate of drug-likeness (QED) is 0.360. The molecule has 168 valence electrons. The van der Waals surface area contributed by atoms with E-state index in [-0.39, 0.29) is 18.2 Å². The van der Waals surface area contributed by atoms with Crippen LogP contribution in [0, 0.1) is 5.92 Å². The third-order valence-corrected chi connectivity index (χ3v) is 6.82. The molecule has 2 aliphatic rings. The maximum atomic E-state index is 12.9. The number of carbonyl (C=O) groups is 1. The maximum absolute atomic E-state index is 12.9. The lowest BCUT2D eigenvalue weighted by Crippen LogP contribution is -2.38. The standard InChI is InChI=1S/C25H24BrN5O2/c1-25(2,3)33-24(32)31-21-9-14(21)10-22(31)23-29-17-6-4-13(8-19(17)30-23)20-12-27-18-11-15(26)5-7-16(18)28-20/h4-8,11-12,14,21-22H,9-10H2,1-3H3,(H,29,30)/t14-,21-,22?/m1/s1. The number of likely N-dealkylation sites (tertiary alicyclic amines) is 1. The van der Waals surface area contributed by atoms with E-state index < -0.39 is 5.60 Å².